The second kappa shape index (κ2) is 9.51. The quantitative estimate of drug-likeness (QED) is 0.290. The summed E-state index contributed by atoms with van der Waals surface area (Å²) in [6, 6.07) is 18.8. The van der Waals surface area contributed by atoms with Crippen LogP contribution in [0.5, 0.6) is 0 Å². The van der Waals surface area contributed by atoms with Gasteiger partial charge in [0.15, 0.2) is 16.1 Å². The molecule has 0 atom stereocenters. The predicted molar refractivity (Wildman–Crippen MR) is 125 cm³/mol. The molecule has 2 aromatic heterocycles. The number of benzene rings is 2. The van der Waals surface area contributed by atoms with Crippen molar-refractivity contribution >= 4 is 46.6 Å². The summed E-state index contributed by atoms with van der Waals surface area (Å²) in [5.41, 5.74) is 3.39. The van der Waals surface area contributed by atoms with Gasteiger partial charge < -0.3 is 5.32 Å². The van der Waals surface area contributed by atoms with E-state index in [-0.39, 0.29) is 16.8 Å². The molecular formula is C22H17Cl2N5OS. The van der Waals surface area contributed by atoms with Crippen molar-refractivity contribution in [1.82, 2.24) is 19.7 Å². The third-order valence-electron chi connectivity index (χ3n) is 4.39. The fourth-order valence-corrected chi connectivity index (χ4v) is 3.92. The average Bonchev–Trinajstić information content (AvgIpc) is 3.19. The molecule has 156 valence electrons. The van der Waals surface area contributed by atoms with Crippen molar-refractivity contribution in [2.24, 2.45) is 0 Å². The Hall–Kier alpha value is -2.87. The topological polar surface area (TPSA) is 72.7 Å². The zero-order valence-electron chi connectivity index (χ0n) is 16.4. The Morgan fingerprint density at radius 2 is 1.77 bits per heavy atom. The summed E-state index contributed by atoms with van der Waals surface area (Å²) in [5, 5.41) is 13.0. The molecule has 1 N–H and O–H groups in total. The smallest absolute Gasteiger partial charge is 0.234 e. The van der Waals surface area contributed by atoms with Crippen LogP contribution >= 0.6 is 35.0 Å². The highest BCUT2D eigenvalue weighted by Crippen LogP contribution is 2.29. The van der Waals surface area contributed by atoms with Crippen LogP contribution in [0.15, 0.2) is 72.0 Å². The number of hydrogen-bond donors (Lipinski definition) is 1. The van der Waals surface area contributed by atoms with Crippen LogP contribution in [0.1, 0.15) is 5.56 Å². The predicted octanol–water partition coefficient (Wildman–Crippen LogP) is 5.68. The highest BCUT2D eigenvalue weighted by molar-refractivity contribution is 7.99. The van der Waals surface area contributed by atoms with Crippen molar-refractivity contribution in [1.29, 1.82) is 0 Å². The molecule has 31 heavy (non-hydrogen) atoms. The summed E-state index contributed by atoms with van der Waals surface area (Å²) in [6.45, 7) is 2.03. The van der Waals surface area contributed by atoms with Crippen molar-refractivity contribution in [3.8, 4) is 17.1 Å². The first-order chi connectivity index (χ1) is 15.0. The highest BCUT2D eigenvalue weighted by Gasteiger charge is 2.18. The maximum absolute atomic E-state index is 12.5. The van der Waals surface area contributed by atoms with Crippen LogP contribution in [0.25, 0.3) is 17.1 Å². The van der Waals surface area contributed by atoms with Gasteiger partial charge in [-0.1, -0.05) is 52.7 Å². The molecule has 0 aliphatic rings. The lowest BCUT2D eigenvalue weighted by Crippen LogP contribution is -2.15. The Balaban J connectivity index is 1.61. The Morgan fingerprint density at radius 1 is 1.03 bits per heavy atom. The molecule has 0 radical (unpaired) electrons. The second-order valence-corrected chi connectivity index (χ2v) is 8.40. The number of anilines is 1. The van der Waals surface area contributed by atoms with E-state index in [0.29, 0.717) is 21.7 Å². The molecule has 0 spiro atoms. The Kier molecular flexibility index (Phi) is 6.56. The number of aromatic nitrogens is 4. The van der Waals surface area contributed by atoms with E-state index in [2.05, 4.69) is 20.5 Å². The first kappa shape index (κ1) is 21.4. The molecule has 0 saturated heterocycles. The van der Waals surface area contributed by atoms with Gasteiger partial charge in [-0.05, 0) is 55.5 Å². The monoisotopic (exact) mass is 469 g/mol. The molecule has 0 bridgehead atoms. The average molecular weight is 470 g/mol. The van der Waals surface area contributed by atoms with E-state index in [1.165, 1.54) is 11.8 Å². The Morgan fingerprint density at radius 3 is 2.48 bits per heavy atom. The minimum Gasteiger partial charge on any atom is -0.323 e. The number of halogens is 2. The number of carbonyl (C=O) groups is 1. The molecular weight excluding hydrogens is 453 g/mol. The SMILES string of the molecule is Cc1ccc(-n2c(SCC(=O)Nc3cccnc3Cl)nnc2-c2ccc(Cl)cc2)cc1. The summed E-state index contributed by atoms with van der Waals surface area (Å²) in [6.07, 6.45) is 1.56. The fraction of sp³-hybridized carbons (Fsp3) is 0.0909. The molecule has 4 aromatic rings. The number of nitrogens with zero attached hydrogens (tertiary/aromatic N) is 4. The maximum atomic E-state index is 12.5. The number of nitrogens with one attached hydrogen (secondary N) is 1. The largest absolute Gasteiger partial charge is 0.323 e. The van der Waals surface area contributed by atoms with Crippen LogP contribution in [-0.2, 0) is 4.79 Å². The molecule has 2 aromatic carbocycles. The number of pyridine rings is 1. The number of amides is 1. The molecule has 2 heterocycles. The van der Waals surface area contributed by atoms with Gasteiger partial charge in [0.2, 0.25) is 5.91 Å². The molecule has 9 heteroatoms. The van der Waals surface area contributed by atoms with Gasteiger partial charge in [0, 0.05) is 22.5 Å². The van der Waals surface area contributed by atoms with E-state index in [0.717, 1.165) is 16.8 Å². The van der Waals surface area contributed by atoms with Crippen molar-refractivity contribution in [3.63, 3.8) is 0 Å². The minimum atomic E-state index is -0.216. The van der Waals surface area contributed by atoms with Crippen LogP contribution in [0, 0.1) is 6.92 Å². The van der Waals surface area contributed by atoms with E-state index in [4.69, 9.17) is 23.2 Å². The lowest BCUT2D eigenvalue weighted by Gasteiger charge is -2.11. The van der Waals surface area contributed by atoms with Crippen molar-refractivity contribution in [2.75, 3.05) is 11.1 Å². The van der Waals surface area contributed by atoms with Crippen LogP contribution in [0.4, 0.5) is 5.69 Å². The first-order valence-corrected chi connectivity index (χ1v) is 11.1. The normalized spacial score (nSPS) is 10.8. The summed E-state index contributed by atoms with van der Waals surface area (Å²) < 4.78 is 1.93. The van der Waals surface area contributed by atoms with E-state index < -0.39 is 0 Å². The zero-order chi connectivity index (χ0) is 21.8. The van der Waals surface area contributed by atoms with Gasteiger partial charge in [-0.3, -0.25) is 9.36 Å². The van der Waals surface area contributed by atoms with Crippen LogP contribution in [0.2, 0.25) is 10.2 Å². The van der Waals surface area contributed by atoms with E-state index in [9.17, 15) is 4.79 Å². The Bertz CT molecular complexity index is 1210. The van der Waals surface area contributed by atoms with Crippen molar-refractivity contribution < 1.29 is 4.79 Å². The lowest BCUT2D eigenvalue weighted by atomic mass is 10.2. The third kappa shape index (κ3) is 5.07. The lowest BCUT2D eigenvalue weighted by molar-refractivity contribution is -0.113. The summed E-state index contributed by atoms with van der Waals surface area (Å²) in [4.78, 5) is 16.4. The van der Waals surface area contributed by atoms with Crippen LogP contribution in [0.3, 0.4) is 0 Å². The molecule has 4 rings (SSSR count). The fourth-order valence-electron chi connectivity index (χ4n) is 2.87. The van der Waals surface area contributed by atoms with Crippen molar-refractivity contribution in [2.45, 2.75) is 12.1 Å². The number of carbonyl (C=O) groups excluding carboxylic acids is 1. The molecule has 0 aliphatic heterocycles. The maximum Gasteiger partial charge on any atom is 0.234 e. The number of hydrogen-bond acceptors (Lipinski definition) is 5. The number of thioether (sulfide) groups is 1. The second-order valence-electron chi connectivity index (χ2n) is 6.66. The standard InChI is InChI=1S/C22H17Cl2N5OS/c1-14-4-10-17(11-5-14)29-21(15-6-8-16(23)9-7-15)27-28-22(29)31-13-19(30)26-18-3-2-12-25-20(18)24/h2-12H,13H2,1H3,(H,26,30). The van der Waals surface area contributed by atoms with Gasteiger partial charge in [-0.25, -0.2) is 4.98 Å². The van der Waals surface area contributed by atoms with Gasteiger partial charge in [-0.2, -0.15) is 0 Å². The molecule has 0 saturated carbocycles. The number of aryl methyl sites for hydroxylation is 1. The van der Waals surface area contributed by atoms with Gasteiger partial charge in [0.25, 0.3) is 0 Å². The van der Waals surface area contributed by atoms with Gasteiger partial charge in [-0.15, -0.1) is 10.2 Å². The number of rotatable bonds is 6. The Labute approximate surface area is 193 Å². The van der Waals surface area contributed by atoms with Crippen LogP contribution in [-0.4, -0.2) is 31.4 Å². The summed E-state index contributed by atoms with van der Waals surface area (Å²) >= 11 is 13.3. The molecule has 1 amide bonds. The highest BCUT2D eigenvalue weighted by atomic mass is 35.5. The van der Waals surface area contributed by atoms with Crippen molar-refractivity contribution in [3.05, 3.63) is 82.6 Å². The van der Waals surface area contributed by atoms with E-state index in [1.807, 2.05) is 60.0 Å². The molecule has 0 fully saturated rings. The minimum absolute atomic E-state index is 0.135. The third-order valence-corrected chi connectivity index (χ3v) is 5.88. The summed E-state index contributed by atoms with van der Waals surface area (Å²) in [7, 11) is 0. The first-order valence-electron chi connectivity index (χ1n) is 9.33. The molecule has 6 nitrogen and oxygen atoms in total. The summed E-state index contributed by atoms with van der Waals surface area (Å²) in [5.74, 6) is 0.584. The van der Waals surface area contributed by atoms with E-state index in [1.54, 1.807) is 18.3 Å². The van der Waals surface area contributed by atoms with Gasteiger partial charge in [0.05, 0.1) is 11.4 Å². The van der Waals surface area contributed by atoms with Gasteiger partial charge >= 0.3 is 0 Å². The van der Waals surface area contributed by atoms with Gasteiger partial charge in [0.1, 0.15) is 0 Å². The molecule has 0 aliphatic carbocycles. The van der Waals surface area contributed by atoms with E-state index >= 15 is 0 Å². The zero-order valence-corrected chi connectivity index (χ0v) is 18.7. The molecule has 0 unspecified atom stereocenters. The van der Waals surface area contributed by atoms with Crippen LogP contribution < -0.4 is 5.32 Å².